The fraction of sp³-hybridized carbons (Fsp3) is 1.00. The van der Waals surface area contributed by atoms with Crippen LogP contribution in [0.5, 0.6) is 0 Å². The summed E-state index contributed by atoms with van der Waals surface area (Å²) in [7, 11) is 0. The summed E-state index contributed by atoms with van der Waals surface area (Å²) in [6, 6.07) is 0.689. The number of piperidine rings is 1. The van der Waals surface area contributed by atoms with E-state index in [0.717, 1.165) is 6.54 Å². The Hall–Kier alpha value is -0.120. The van der Waals surface area contributed by atoms with E-state index < -0.39 is 0 Å². The number of aliphatic hydroxyl groups is 1. The van der Waals surface area contributed by atoms with E-state index in [1.54, 1.807) is 0 Å². The van der Waals surface area contributed by atoms with E-state index in [1.165, 1.54) is 51.6 Å². The lowest BCUT2D eigenvalue weighted by Crippen LogP contribution is -2.59. The minimum absolute atomic E-state index is 0.00263. The molecule has 0 spiro atoms. The van der Waals surface area contributed by atoms with Crippen LogP contribution in [0, 0.1) is 11.3 Å². The second-order valence-corrected chi connectivity index (χ2v) is 7.95. The van der Waals surface area contributed by atoms with Gasteiger partial charge >= 0.3 is 0 Å². The standard InChI is InChI=1S/C16H30N2O/c1-15(2)7-9-18(10-8-15)11-16(12-19,13-3-4-13)17-14-5-6-14/h13-14,17,19H,3-12H2,1-2H3. The molecule has 2 saturated carbocycles. The maximum atomic E-state index is 10.0. The molecule has 1 saturated heterocycles. The van der Waals surface area contributed by atoms with Gasteiger partial charge < -0.3 is 15.3 Å². The summed E-state index contributed by atoms with van der Waals surface area (Å²) < 4.78 is 0. The minimum atomic E-state index is 0.00263. The number of hydrogen-bond acceptors (Lipinski definition) is 3. The van der Waals surface area contributed by atoms with Crippen molar-refractivity contribution in [3.8, 4) is 0 Å². The predicted octanol–water partition coefficient (Wildman–Crippen LogP) is 2.00. The first-order chi connectivity index (χ1) is 9.03. The molecular formula is C16H30N2O. The van der Waals surface area contributed by atoms with E-state index in [0.29, 0.717) is 24.0 Å². The van der Waals surface area contributed by atoms with Crippen LogP contribution in [0.15, 0.2) is 0 Å². The monoisotopic (exact) mass is 266 g/mol. The van der Waals surface area contributed by atoms with Gasteiger partial charge in [-0.3, -0.25) is 0 Å². The third-order valence-corrected chi connectivity index (χ3v) is 5.43. The maximum Gasteiger partial charge on any atom is 0.0628 e. The molecule has 0 aromatic carbocycles. The van der Waals surface area contributed by atoms with Crippen LogP contribution in [0.25, 0.3) is 0 Å². The summed E-state index contributed by atoms with van der Waals surface area (Å²) >= 11 is 0. The number of aliphatic hydroxyl groups excluding tert-OH is 1. The number of likely N-dealkylation sites (tertiary alicyclic amines) is 1. The Morgan fingerprint density at radius 1 is 1.16 bits per heavy atom. The van der Waals surface area contributed by atoms with E-state index in [1.807, 2.05) is 0 Å². The number of rotatable bonds is 6. The molecule has 3 aliphatic rings. The van der Waals surface area contributed by atoms with Crippen molar-refractivity contribution >= 4 is 0 Å². The van der Waals surface area contributed by atoms with E-state index >= 15 is 0 Å². The van der Waals surface area contributed by atoms with E-state index in [-0.39, 0.29) is 5.54 Å². The van der Waals surface area contributed by atoms with Crippen molar-refractivity contribution in [3.63, 3.8) is 0 Å². The molecule has 3 heteroatoms. The normalized spacial score (nSPS) is 31.1. The summed E-state index contributed by atoms with van der Waals surface area (Å²) in [6.07, 6.45) is 7.81. The molecule has 3 fully saturated rings. The molecule has 0 aromatic heterocycles. The Balaban J connectivity index is 1.60. The molecule has 2 N–H and O–H groups in total. The minimum Gasteiger partial charge on any atom is -0.394 e. The van der Waals surface area contributed by atoms with Crippen LogP contribution in [0.3, 0.4) is 0 Å². The predicted molar refractivity (Wildman–Crippen MR) is 78.2 cm³/mol. The fourth-order valence-electron chi connectivity index (χ4n) is 3.50. The average molecular weight is 266 g/mol. The summed E-state index contributed by atoms with van der Waals surface area (Å²) in [5.41, 5.74) is 0.518. The topological polar surface area (TPSA) is 35.5 Å². The Morgan fingerprint density at radius 3 is 2.26 bits per heavy atom. The van der Waals surface area contributed by atoms with Gasteiger partial charge in [0.2, 0.25) is 0 Å². The van der Waals surface area contributed by atoms with E-state index in [9.17, 15) is 5.11 Å². The van der Waals surface area contributed by atoms with E-state index in [4.69, 9.17) is 0 Å². The first-order valence-electron chi connectivity index (χ1n) is 8.14. The van der Waals surface area contributed by atoms with Gasteiger partial charge in [-0.1, -0.05) is 13.8 Å². The van der Waals surface area contributed by atoms with Gasteiger partial charge in [0.25, 0.3) is 0 Å². The Bertz CT molecular complexity index is 313. The summed E-state index contributed by atoms with van der Waals surface area (Å²) in [6.45, 7) is 8.54. The van der Waals surface area contributed by atoms with Crippen molar-refractivity contribution in [2.24, 2.45) is 11.3 Å². The quantitative estimate of drug-likeness (QED) is 0.772. The van der Waals surface area contributed by atoms with Gasteiger partial charge in [-0.15, -0.1) is 0 Å². The van der Waals surface area contributed by atoms with Gasteiger partial charge in [-0.05, 0) is 62.9 Å². The number of nitrogens with one attached hydrogen (secondary N) is 1. The lowest BCUT2D eigenvalue weighted by Gasteiger charge is -2.43. The molecule has 1 heterocycles. The largest absolute Gasteiger partial charge is 0.394 e. The van der Waals surface area contributed by atoms with Crippen molar-refractivity contribution in [1.82, 2.24) is 10.2 Å². The Kier molecular flexibility index (Phi) is 3.65. The number of nitrogens with zero attached hydrogens (tertiary/aromatic N) is 1. The summed E-state index contributed by atoms with van der Waals surface area (Å²) in [5, 5.41) is 13.8. The SMILES string of the molecule is CC1(C)CCN(CC(CO)(NC2CC2)C2CC2)CC1. The van der Waals surface area contributed by atoms with Crippen molar-refractivity contribution < 1.29 is 5.11 Å². The molecule has 1 atom stereocenters. The highest BCUT2D eigenvalue weighted by molar-refractivity contribution is 5.06. The lowest BCUT2D eigenvalue weighted by atomic mass is 9.82. The average Bonchev–Trinajstić information content (AvgIpc) is 3.24. The van der Waals surface area contributed by atoms with Crippen molar-refractivity contribution in [3.05, 3.63) is 0 Å². The first kappa shape index (κ1) is 13.8. The van der Waals surface area contributed by atoms with Crippen LogP contribution in [0.2, 0.25) is 0 Å². The highest BCUT2D eigenvalue weighted by Gasteiger charge is 2.48. The van der Waals surface area contributed by atoms with Crippen molar-refractivity contribution in [2.75, 3.05) is 26.2 Å². The van der Waals surface area contributed by atoms with Gasteiger partial charge in [-0.2, -0.15) is 0 Å². The highest BCUT2D eigenvalue weighted by Crippen LogP contribution is 2.42. The van der Waals surface area contributed by atoms with Crippen LogP contribution in [0.1, 0.15) is 52.4 Å². The smallest absolute Gasteiger partial charge is 0.0628 e. The molecule has 1 unspecified atom stereocenters. The van der Waals surface area contributed by atoms with Crippen molar-refractivity contribution in [2.45, 2.75) is 64.0 Å². The van der Waals surface area contributed by atoms with Gasteiger partial charge in [0, 0.05) is 12.6 Å². The second-order valence-electron chi connectivity index (χ2n) is 7.95. The van der Waals surface area contributed by atoms with Crippen LogP contribution < -0.4 is 5.32 Å². The van der Waals surface area contributed by atoms with Crippen LogP contribution in [0.4, 0.5) is 0 Å². The summed E-state index contributed by atoms with van der Waals surface area (Å²) in [5.74, 6) is 0.716. The molecule has 3 nitrogen and oxygen atoms in total. The highest BCUT2D eigenvalue weighted by atomic mass is 16.3. The molecule has 3 rings (SSSR count). The van der Waals surface area contributed by atoms with Crippen molar-refractivity contribution in [1.29, 1.82) is 0 Å². The molecule has 0 bridgehead atoms. The van der Waals surface area contributed by atoms with Crippen LogP contribution >= 0.6 is 0 Å². The number of hydrogen-bond donors (Lipinski definition) is 2. The van der Waals surface area contributed by atoms with Gasteiger partial charge in [0.1, 0.15) is 0 Å². The third-order valence-electron chi connectivity index (χ3n) is 5.43. The fourth-order valence-corrected chi connectivity index (χ4v) is 3.50. The summed E-state index contributed by atoms with van der Waals surface area (Å²) in [4.78, 5) is 2.59. The lowest BCUT2D eigenvalue weighted by molar-refractivity contribution is 0.0568. The van der Waals surface area contributed by atoms with Crippen LogP contribution in [-0.4, -0.2) is 47.8 Å². The molecule has 0 amide bonds. The molecule has 19 heavy (non-hydrogen) atoms. The molecule has 2 aliphatic carbocycles. The third kappa shape index (κ3) is 3.32. The molecular weight excluding hydrogens is 236 g/mol. The van der Waals surface area contributed by atoms with E-state index in [2.05, 4.69) is 24.1 Å². The molecule has 110 valence electrons. The molecule has 1 aliphatic heterocycles. The molecule has 0 aromatic rings. The van der Waals surface area contributed by atoms with Gasteiger partial charge in [0.05, 0.1) is 12.1 Å². The molecule has 0 radical (unpaired) electrons. The zero-order chi connectivity index (χ0) is 13.5. The zero-order valence-electron chi connectivity index (χ0n) is 12.6. The Labute approximate surface area is 117 Å². The van der Waals surface area contributed by atoms with Gasteiger partial charge in [-0.25, -0.2) is 0 Å². The second kappa shape index (κ2) is 5.01. The van der Waals surface area contributed by atoms with Gasteiger partial charge in [0.15, 0.2) is 0 Å². The maximum absolute atomic E-state index is 10.0. The van der Waals surface area contributed by atoms with Crippen LogP contribution in [-0.2, 0) is 0 Å². The zero-order valence-corrected chi connectivity index (χ0v) is 12.6. The Morgan fingerprint density at radius 2 is 1.79 bits per heavy atom. The first-order valence-corrected chi connectivity index (χ1v) is 8.14.